The van der Waals surface area contributed by atoms with Gasteiger partial charge in [-0.15, -0.1) is 0 Å². The maximum absolute atomic E-state index is 10.4. The summed E-state index contributed by atoms with van der Waals surface area (Å²) < 4.78 is 10.4. The van der Waals surface area contributed by atoms with Gasteiger partial charge in [-0.1, -0.05) is 12.1 Å². The zero-order chi connectivity index (χ0) is 15.9. The number of benzene rings is 1. The van der Waals surface area contributed by atoms with E-state index in [2.05, 4.69) is 4.98 Å². The van der Waals surface area contributed by atoms with E-state index in [1.807, 2.05) is 6.07 Å². The summed E-state index contributed by atoms with van der Waals surface area (Å²) in [5, 5.41) is 49.6. The van der Waals surface area contributed by atoms with Crippen LogP contribution in [0.3, 0.4) is 0 Å². The minimum Gasteiger partial charge on any atom is -0.435 e. The SMILES string of the molecule is OC[C@H]1O[C@@](O)(Oc2c[nH]c3ccccc23)[C@H](O)[C@@H](O)[C@@H]1O. The standard InChI is InChI=1S/C14H17NO7/c16-6-10-11(17)12(18)13(19)14(20,22-10)21-9-5-15-8-4-2-1-3-7(8)9/h1-5,10-13,15-20H,6H2/t10-,11-,12+,13-,14+/m1/s1. The first kappa shape index (κ1) is 15.2. The number of hydrogen-bond donors (Lipinski definition) is 6. The first-order valence-corrected chi connectivity index (χ1v) is 6.76. The molecule has 1 saturated heterocycles. The van der Waals surface area contributed by atoms with Crippen LogP contribution in [-0.4, -0.2) is 67.5 Å². The molecule has 1 fully saturated rings. The molecule has 1 aliphatic rings. The third-order valence-corrected chi connectivity index (χ3v) is 3.74. The second-order valence-corrected chi connectivity index (χ2v) is 5.20. The summed E-state index contributed by atoms with van der Waals surface area (Å²) in [4.78, 5) is 2.92. The molecule has 0 bridgehead atoms. The Kier molecular flexibility index (Phi) is 3.81. The first-order valence-electron chi connectivity index (χ1n) is 6.76. The van der Waals surface area contributed by atoms with Gasteiger partial charge in [0.15, 0.2) is 11.9 Å². The summed E-state index contributed by atoms with van der Waals surface area (Å²) in [5.41, 5.74) is 0.741. The molecule has 8 nitrogen and oxygen atoms in total. The van der Waals surface area contributed by atoms with Crippen LogP contribution in [0.1, 0.15) is 0 Å². The van der Waals surface area contributed by atoms with E-state index in [4.69, 9.17) is 14.6 Å². The first-order chi connectivity index (χ1) is 10.5. The third-order valence-electron chi connectivity index (χ3n) is 3.74. The maximum atomic E-state index is 10.4. The summed E-state index contributed by atoms with van der Waals surface area (Å²) in [6.07, 6.45) is -5.04. The fourth-order valence-electron chi connectivity index (χ4n) is 2.50. The van der Waals surface area contributed by atoms with E-state index < -0.39 is 37.0 Å². The molecule has 0 radical (unpaired) electrons. The van der Waals surface area contributed by atoms with Crippen LogP contribution in [0.2, 0.25) is 0 Å². The fraction of sp³-hybridized carbons (Fsp3) is 0.429. The third kappa shape index (κ3) is 2.35. The molecular weight excluding hydrogens is 294 g/mol. The molecular formula is C14H17NO7. The summed E-state index contributed by atoms with van der Waals surface area (Å²) in [7, 11) is 0. The lowest BCUT2D eigenvalue weighted by Gasteiger charge is -2.44. The van der Waals surface area contributed by atoms with Gasteiger partial charge in [0.25, 0.3) is 0 Å². The van der Waals surface area contributed by atoms with Crippen LogP contribution in [0.5, 0.6) is 5.75 Å². The molecule has 22 heavy (non-hydrogen) atoms. The van der Waals surface area contributed by atoms with E-state index in [0.717, 1.165) is 5.52 Å². The Bertz CT molecular complexity index is 657. The number of fused-ring (bicyclic) bond motifs is 1. The Labute approximate surface area is 125 Å². The van der Waals surface area contributed by atoms with Crippen molar-refractivity contribution in [3.05, 3.63) is 30.5 Å². The number of para-hydroxylation sites is 1. The second-order valence-electron chi connectivity index (χ2n) is 5.20. The largest absolute Gasteiger partial charge is 0.435 e. The Morgan fingerprint density at radius 1 is 1.18 bits per heavy atom. The van der Waals surface area contributed by atoms with Gasteiger partial charge in [-0.2, -0.15) is 0 Å². The quantitative estimate of drug-likeness (QED) is 0.386. The molecule has 2 heterocycles. The van der Waals surface area contributed by atoms with Gasteiger partial charge in [-0.3, -0.25) is 0 Å². The lowest BCUT2D eigenvalue weighted by Crippen LogP contribution is -2.67. The molecule has 0 spiro atoms. The minimum absolute atomic E-state index is 0.192. The molecule has 120 valence electrons. The molecule has 2 aromatic rings. The molecule has 5 atom stereocenters. The zero-order valence-electron chi connectivity index (χ0n) is 11.5. The summed E-state index contributed by atoms with van der Waals surface area (Å²) >= 11 is 0. The van der Waals surface area contributed by atoms with E-state index >= 15 is 0 Å². The van der Waals surface area contributed by atoms with Crippen molar-refractivity contribution in [3.8, 4) is 5.75 Å². The van der Waals surface area contributed by atoms with Gasteiger partial charge < -0.3 is 40.0 Å². The Balaban J connectivity index is 1.92. The van der Waals surface area contributed by atoms with Gasteiger partial charge in [0, 0.05) is 17.1 Å². The van der Waals surface area contributed by atoms with Crippen molar-refractivity contribution in [2.24, 2.45) is 0 Å². The second kappa shape index (κ2) is 5.51. The fourth-order valence-corrected chi connectivity index (χ4v) is 2.50. The Morgan fingerprint density at radius 2 is 1.91 bits per heavy atom. The monoisotopic (exact) mass is 311 g/mol. The highest BCUT2D eigenvalue weighted by molar-refractivity contribution is 5.85. The van der Waals surface area contributed by atoms with Crippen molar-refractivity contribution in [2.75, 3.05) is 6.61 Å². The molecule has 0 saturated carbocycles. The predicted molar refractivity (Wildman–Crippen MR) is 73.9 cm³/mol. The molecule has 0 amide bonds. The number of H-pyrrole nitrogens is 1. The smallest absolute Gasteiger partial charge is 0.355 e. The average molecular weight is 311 g/mol. The van der Waals surface area contributed by atoms with Gasteiger partial charge >= 0.3 is 5.97 Å². The number of aromatic amines is 1. The van der Waals surface area contributed by atoms with Crippen molar-refractivity contribution >= 4 is 10.9 Å². The summed E-state index contributed by atoms with van der Waals surface area (Å²) in [5.74, 6) is -2.41. The van der Waals surface area contributed by atoms with Gasteiger partial charge in [0.1, 0.15) is 18.3 Å². The number of aliphatic hydroxyl groups is 5. The van der Waals surface area contributed by atoms with Crippen LogP contribution >= 0.6 is 0 Å². The molecule has 0 unspecified atom stereocenters. The van der Waals surface area contributed by atoms with Crippen molar-refractivity contribution in [2.45, 2.75) is 30.4 Å². The molecule has 1 aromatic heterocycles. The number of ether oxygens (including phenoxy) is 2. The van der Waals surface area contributed by atoms with E-state index in [-0.39, 0.29) is 5.75 Å². The number of hydrogen-bond acceptors (Lipinski definition) is 7. The van der Waals surface area contributed by atoms with Crippen molar-refractivity contribution in [3.63, 3.8) is 0 Å². The molecule has 6 N–H and O–H groups in total. The Morgan fingerprint density at radius 3 is 2.64 bits per heavy atom. The Hall–Kier alpha value is -1.68. The highest BCUT2D eigenvalue weighted by Crippen LogP contribution is 2.34. The van der Waals surface area contributed by atoms with Crippen molar-refractivity contribution in [1.29, 1.82) is 0 Å². The number of aliphatic hydroxyl groups excluding tert-OH is 4. The van der Waals surface area contributed by atoms with Gasteiger partial charge in [-0.05, 0) is 12.1 Å². The molecule has 3 rings (SSSR count). The average Bonchev–Trinajstić information content (AvgIpc) is 2.92. The lowest BCUT2D eigenvalue weighted by molar-refractivity contribution is -0.422. The van der Waals surface area contributed by atoms with Crippen LogP contribution in [0, 0.1) is 0 Å². The van der Waals surface area contributed by atoms with E-state index in [0.29, 0.717) is 5.39 Å². The van der Waals surface area contributed by atoms with Crippen LogP contribution in [0.15, 0.2) is 30.5 Å². The molecule has 0 aliphatic carbocycles. The van der Waals surface area contributed by atoms with Crippen LogP contribution in [-0.2, 0) is 4.74 Å². The van der Waals surface area contributed by atoms with Crippen LogP contribution in [0.4, 0.5) is 0 Å². The predicted octanol–water partition coefficient (Wildman–Crippen LogP) is -1.33. The van der Waals surface area contributed by atoms with Crippen LogP contribution in [0.25, 0.3) is 10.9 Å². The molecule has 1 aliphatic heterocycles. The van der Waals surface area contributed by atoms with Crippen molar-refractivity contribution in [1.82, 2.24) is 4.98 Å². The summed E-state index contributed by atoms with van der Waals surface area (Å²) in [6.45, 7) is -0.662. The number of nitrogens with one attached hydrogen (secondary N) is 1. The van der Waals surface area contributed by atoms with Crippen LogP contribution < -0.4 is 4.74 Å². The topological polar surface area (TPSA) is 135 Å². The molecule has 8 heteroatoms. The lowest BCUT2D eigenvalue weighted by atomic mass is 9.98. The molecule has 1 aromatic carbocycles. The van der Waals surface area contributed by atoms with E-state index in [1.54, 1.807) is 18.2 Å². The highest BCUT2D eigenvalue weighted by Gasteiger charge is 2.55. The zero-order valence-corrected chi connectivity index (χ0v) is 11.5. The summed E-state index contributed by atoms with van der Waals surface area (Å²) in [6, 6.07) is 7.10. The normalized spacial score (nSPS) is 35.7. The van der Waals surface area contributed by atoms with Gasteiger partial charge in [0.2, 0.25) is 0 Å². The van der Waals surface area contributed by atoms with Crippen molar-refractivity contribution < 1.29 is 35.0 Å². The minimum atomic E-state index is -2.60. The van der Waals surface area contributed by atoms with E-state index in [1.165, 1.54) is 6.20 Å². The number of rotatable bonds is 3. The van der Waals surface area contributed by atoms with Gasteiger partial charge in [-0.25, -0.2) is 0 Å². The van der Waals surface area contributed by atoms with E-state index in [9.17, 15) is 20.4 Å². The highest BCUT2D eigenvalue weighted by atomic mass is 16.8. The maximum Gasteiger partial charge on any atom is 0.355 e. The van der Waals surface area contributed by atoms with Gasteiger partial charge in [0.05, 0.1) is 6.61 Å². The number of aromatic nitrogens is 1.